The molecule has 5 aliphatic rings. The van der Waals surface area contributed by atoms with Crippen LogP contribution in [0.1, 0.15) is 67.2 Å². The van der Waals surface area contributed by atoms with Crippen LogP contribution in [0.3, 0.4) is 0 Å². The van der Waals surface area contributed by atoms with Gasteiger partial charge in [-0.25, -0.2) is 4.79 Å². The summed E-state index contributed by atoms with van der Waals surface area (Å²) in [5.41, 5.74) is -0.559. The first-order valence-electron chi connectivity index (χ1n) is 11.0. The van der Waals surface area contributed by atoms with Gasteiger partial charge in [0, 0.05) is 6.54 Å². The molecule has 3 aliphatic carbocycles. The molecule has 3 saturated carbocycles. The summed E-state index contributed by atoms with van der Waals surface area (Å²) in [4.78, 5) is 26.5. The quantitative estimate of drug-likeness (QED) is 0.730. The monoisotopic (exact) mass is 406 g/mol. The lowest BCUT2D eigenvalue weighted by Crippen LogP contribution is -2.65. The predicted molar refractivity (Wildman–Crippen MR) is 109 cm³/mol. The van der Waals surface area contributed by atoms with Gasteiger partial charge in [0.25, 0.3) is 0 Å². The van der Waals surface area contributed by atoms with Crippen LogP contribution in [-0.4, -0.2) is 60.4 Å². The molecule has 5 atom stereocenters. The second-order valence-electron chi connectivity index (χ2n) is 11.0. The smallest absolute Gasteiger partial charge is 0.444 e. The van der Waals surface area contributed by atoms with E-state index in [1.807, 2.05) is 4.90 Å². The maximum absolute atomic E-state index is 12.8. The first-order chi connectivity index (χ1) is 13.4. The zero-order valence-corrected chi connectivity index (χ0v) is 18.6. The summed E-state index contributed by atoms with van der Waals surface area (Å²) < 4.78 is 18.2. The first-order valence-corrected chi connectivity index (χ1v) is 11.0. The van der Waals surface area contributed by atoms with E-state index in [1.54, 1.807) is 20.8 Å². The second-order valence-corrected chi connectivity index (χ2v) is 11.0. The molecule has 0 spiro atoms. The largest absolute Gasteiger partial charge is 0.481 e. The number of hydrogen-bond acceptors (Lipinski definition) is 5. The highest BCUT2D eigenvalue weighted by molar-refractivity contribution is 6.48. The Morgan fingerprint density at radius 3 is 2.62 bits per heavy atom. The van der Waals surface area contributed by atoms with Crippen LogP contribution in [0, 0.1) is 17.3 Å². The van der Waals surface area contributed by atoms with Crippen molar-refractivity contribution in [2.75, 3.05) is 13.1 Å². The van der Waals surface area contributed by atoms with Gasteiger partial charge in [-0.3, -0.25) is 4.79 Å². The molecule has 4 unspecified atom stereocenters. The fourth-order valence-electron chi connectivity index (χ4n) is 6.01. The third kappa shape index (κ3) is 3.56. The van der Waals surface area contributed by atoms with Crippen LogP contribution in [0.15, 0.2) is 0 Å². The van der Waals surface area contributed by atoms with E-state index in [-0.39, 0.29) is 37.2 Å². The number of ether oxygens (including phenoxy) is 1. The summed E-state index contributed by atoms with van der Waals surface area (Å²) >= 11 is 0. The maximum atomic E-state index is 12.8. The summed E-state index contributed by atoms with van der Waals surface area (Å²) in [5, 5.41) is 2.57. The minimum atomic E-state index is -0.588. The summed E-state index contributed by atoms with van der Waals surface area (Å²) in [6.45, 7) is 12.9. The van der Waals surface area contributed by atoms with Gasteiger partial charge in [0.15, 0.2) is 0 Å². The van der Waals surface area contributed by atoms with Crippen molar-refractivity contribution in [3.63, 3.8) is 0 Å². The van der Waals surface area contributed by atoms with Crippen molar-refractivity contribution in [2.45, 2.75) is 90.5 Å². The van der Waals surface area contributed by atoms with Crippen LogP contribution < -0.4 is 5.32 Å². The first kappa shape index (κ1) is 21.0. The molecule has 2 heterocycles. The molecule has 0 radical (unpaired) electrons. The summed E-state index contributed by atoms with van der Waals surface area (Å²) in [5.74, 6) is 0.997. The molecular formula is C21H35BN2O5. The van der Waals surface area contributed by atoms with Gasteiger partial charge < -0.3 is 24.3 Å². The molecule has 8 heteroatoms. The molecule has 0 aromatic heterocycles. The third-order valence-corrected chi connectivity index (χ3v) is 7.69. The Morgan fingerprint density at radius 1 is 1.24 bits per heavy atom. The lowest BCUT2D eigenvalue weighted by atomic mass is 9.43. The highest BCUT2D eigenvalue weighted by Gasteiger charge is 2.69. The van der Waals surface area contributed by atoms with Gasteiger partial charge >= 0.3 is 13.2 Å². The molecule has 5 rings (SSSR count). The number of amides is 2. The lowest BCUT2D eigenvalue weighted by Gasteiger charge is -2.64. The van der Waals surface area contributed by atoms with E-state index < -0.39 is 11.7 Å². The van der Waals surface area contributed by atoms with E-state index in [9.17, 15) is 9.59 Å². The van der Waals surface area contributed by atoms with Crippen LogP contribution in [0.2, 0.25) is 0 Å². The molecular weight excluding hydrogens is 371 g/mol. The van der Waals surface area contributed by atoms with E-state index in [1.165, 1.54) is 6.42 Å². The Balaban J connectivity index is 1.37. The van der Waals surface area contributed by atoms with Crippen molar-refractivity contribution in [1.29, 1.82) is 0 Å². The highest BCUT2D eigenvalue weighted by atomic mass is 16.7. The van der Waals surface area contributed by atoms with E-state index in [4.69, 9.17) is 14.0 Å². The molecule has 29 heavy (non-hydrogen) atoms. The Morgan fingerprint density at radius 2 is 1.97 bits per heavy atom. The van der Waals surface area contributed by atoms with Gasteiger partial charge in [0.1, 0.15) is 12.1 Å². The van der Waals surface area contributed by atoms with Crippen LogP contribution in [-0.2, 0) is 18.8 Å². The molecule has 2 aliphatic heterocycles. The normalized spacial score (nSPS) is 37.7. The number of carbonyl (C=O) groups excluding carboxylic acids is 2. The average Bonchev–Trinajstić information content (AvgIpc) is 3.20. The number of nitrogens with zero attached hydrogens (tertiary/aromatic N) is 1. The zero-order valence-electron chi connectivity index (χ0n) is 18.6. The summed E-state index contributed by atoms with van der Waals surface area (Å²) in [6.07, 6.45) is 3.58. The van der Waals surface area contributed by atoms with E-state index in [2.05, 4.69) is 26.1 Å². The minimum Gasteiger partial charge on any atom is -0.444 e. The standard InChI is InChI=1S/C21H35BN2O5/c1-19(2,3)27-18(26)23-12-17(25)24-9-7-8-16(24)22-28-15-11-13-10-14(20(13,4)5)21(15,6)29-22/h13-16H,7-12H2,1-6H3,(H,23,26)/t13-,14?,15?,16?,21?/m0/s1. The molecule has 2 amide bonds. The lowest BCUT2D eigenvalue weighted by molar-refractivity contribution is -0.199. The van der Waals surface area contributed by atoms with E-state index in [0.717, 1.165) is 19.3 Å². The number of likely N-dealkylation sites (tertiary alicyclic amines) is 1. The van der Waals surface area contributed by atoms with Crippen molar-refractivity contribution < 1.29 is 23.6 Å². The number of rotatable bonds is 3. The van der Waals surface area contributed by atoms with Gasteiger partial charge in [-0.1, -0.05) is 13.8 Å². The predicted octanol–water partition coefficient (Wildman–Crippen LogP) is 2.77. The van der Waals surface area contributed by atoms with E-state index in [0.29, 0.717) is 23.8 Å². The fourth-order valence-corrected chi connectivity index (χ4v) is 6.01. The molecule has 162 valence electrons. The summed E-state index contributed by atoms with van der Waals surface area (Å²) in [7, 11) is -0.381. The van der Waals surface area contributed by atoms with Crippen molar-refractivity contribution in [3.05, 3.63) is 0 Å². The fraction of sp³-hybridized carbons (Fsp3) is 0.905. The Hall–Kier alpha value is -1.28. The third-order valence-electron chi connectivity index (χ3n) is 7.69. The van der Waals surface area contributed by atoms with E-state index >= 15 is 0 Å². The van der Waals surface area contributed by atoms with Crippen LogP contribution >= 0.6 is 0 Å². The molecule has 7 nitrogen and oxygen atoms in total. The van der Waals surface area contributed by atoms with Gasteiger partial charge in [-0.15, -0.1) is 0 Å². The van der Waals surface area contributed by atoms with Crippen molar-refractivity contribution in [3.8, 4) is 0 Å². The van der Waals surface area contributed by atoms with Gasteiger partial charge in [0.2, 0.25) is 5.91 Å². The van der Waals surface area contributed by atoms with Gasteiger partial charge in [-0.2, -0.15) is 0 Å². The van der Waals surface area contributed by atoms with Crippen LogP contribution in [0.5, 0.6) is 0 Å². The number of hydrogen-bond donors (Lipinski definition) is 1. The molecule has 1 N–H and O–H groups in total. The van der Waals surface area contributed by atoms with Crippen LogP contribution in [0.25, 0.3) is 0 Å². The SMILES string of the molecule is CC(C)(C)OC(=O)NCC(=O)N1CCCC1B1OC2C[C@@H]3CC(C2(C)O1)C3(C)C. The topological polar surface area (TPSA) is 77.1 Å². The highest BCUT2D eigenvalue weighted by Crippen LogP contribution is 2.65. The van der Waals surface area contributed by atoms with Crippen molar-refractivity contribution in [2.24, 2.45) is 17.3 Å². The zero-order chi connectivity index (χ0) is 21.2. The minimum absolute atomic E-state index is 0.0729. The molecule has 2 bridgehead atoms. The average molecular weight is 406 g/mol. The Labute approximate surface area is 174 Å². The van der Waals surface area contributed by atoms with Gasteiger partial charge in [-0.05, 0) is 70.6 Å². The molecule has 5 fully saturated rings. The van der Waals surface area contributed by atoms with Crippen LogP contribution in [0.4, 0.5) is 4.79 Å². The Kier molecular flexibility index (Phi) is 4.97. The van der Waals surface area contributed by atoms with Crippen molar-refractivity contribution >= 4 is 19.1 Å². The number of alkyl carbamates (subject to hydrolysis) is 1. The molecule has 2 saturated heterocycles. The number of carbonyl (C=O) groups is 2. The Bertz CT molecular complexity index is 693. The second kappa shape index (κ2) is 6.87. The van der Waals surface area contributed by atoms with Crippen molar-refractivity contribution in [1.82, 2.24) is 10.2 Å². The molecule has 0 aromatic carbocycles. The molecule has 0 aromatic rings. The number of nitrogens with one attached hydrogen (secondary N) is 1. The summed E-state index contributed by atoms with van der Waals surface area (Å²) in [6, 6.07) is 0. The maximum Gasteiger partial charge on any atom is 0.481 e. The van der Waals surface area contributed by atoms with Gasteiger partial charge in [0.05, 0.1) is 17.6 Å².